The minimum atomic E-state index is -0.109. The second kappa shape index (κ2) is 5.15. The van der Waals surface area contributed by atoms with Crippen LogP contribution in [0.25, 0.3) is 0 Å². The third kappa shape index (κ3) is 2.84. The van der Waals surface area contributed by atoms with E-state index in [4.69, 9.17) is 4.74 Å². The fourth-order valence-electron chi connectivity index (χ4n) is 1.73. The quantitative estimate of drug-likeness (QED) is 0.504. The van der Waals surface area contributed by atoms with E-state index in [0.29, 0.717) is 5.92 Å². The van der Waals surface area contributed by atoms with Gasteiger partial charge in [0.05, 0.1) is 7.11 Å². The molecule has 3 heteroatoms. The zero-order chi connectivity index (χ0) is 10.6. The van der Waals surface area contributed by atoms with Gasteiger partial charge in [0.15, 0.2) is 0 Å². The maximum Gasteiger partial charge on any atom is 0.323 e. The lowest BCUT2D eigenvalue weighted by Crippen LogP contribution is -2.41. The molecule has 1 aliphatic heterocycles. The summed E-state index contributed by atoms with van der Waals surface area (Å²) in [5, 5.41) is 0. The van der Waals surface area contributed by atoms with Crippen molar-refractivity contribution in [2.24, 2.45) is 5.92 Å². The van der Waals surface area contributed by atoms with E-state index in [-0.39, 0.29) is 12.0 Å². The lowest BCUT2D eigenvalue weighted by Gasteiger charge is -2.26. The predicted molar refractivity (Wildman–Crippen MR) is 56.0 cm³/mol. The Morgan fingerprint density at radius 2 is 2.00 bits per heavy atom. The highest BCUT2D eigenvalue weighted by Crippen LogP contribution is 2.15. The molecule has 0 radical (unpaired) electrons. The molecule has 0 bridgehead atoms. The van der Waals surface area contributed by atoms with Crippen LogP contribution in [-0.4, -0.2) is 37.1 Å². The van der Waals surface area contributed by atoms with E-state index in [9.17, 15) is 4.79 Å². The first-order valence-corrected chi connectivity index (χ1v) is 5.12. The number of carbonyl (C=O) groups is 1. The fraction of sp³-hybridized carbons (Fsp3) is 0.727. The number of methoxy groups -OCH3 is 1. The lowest BCUT2D eigenvalue weighted by atomic mass is 10.0. The number of carbonyl (C=O) groups excluding carboxylic acids is 1. The zero-order valence-corrected chi connectivity index (χ0v) is 9.19. The van der Waals surface area contributed by atoms with E-state index in [2.05, 4.69) is 30.9 Å². The van der Waals surface area contributed by atoms with Crippen molar-refractivity contribution in [1.29, 1.82) is 0 Å². The molecule has 1 unspecified atom stereocenters. The molecule has 80 valence electrons. The Morgan fingerprint density at radius 3 is 2.43 bits per heavy atom. The number of esters is 1. The highest BCUT2D eigenvalue weighted by atomic mass is 16.5. The van der Waals surface area contributed by atoms with Crippen LogP contribution in [0.5, 0.6) is 0 Å². The Bertz CT molecular complexity index is 215. The monoisotopic (exact) mass is 197 g/mol. The summed E-state index contributed by atoms with van der Waals surface area (Å²) in [4.78, 5) is 13.7. The van der Waals surface area contributed by atoms with Crippen molar-refractivity contribution in [3.63, 3.8) is 0 Å². The van der Waals surface area contributed by atoms with Gasteiger partial charge < -0.3 is 4.74 Å². The van der Waals surface area contributed by atoms with E-state index in [1.54, 1.807) is 0 Å². The highest BCUT2D eigenvalue weighted by Gasteiger charge is 2.27. The van der Waals surface area contributed by atoms with Gasteiger partial charge in [-0.3, -0.25) is 9.69 Å². The summed E-state index contributed by atoms with van der Waals surface area (Å²) in [5.74, 6) is 0.405. The van der Waals surface area contributed by atoms with Crippen molar-refractivity contribution in [3.8, 4) is 0 Å². The van der Waals surface area contributed by atoms with Crippen LogP contribution >= 0.6 is 0 Å². The molecule has 0 amide bonds. The molecular formula is C11H19NO2. The lowest BCUT2D eigenvalue weighted by molar-refractivity contribution is -0.147. The Labute approximate surface area is 85.7 Å². The largest absolute Gasteiger partial charge is 0.468 e. The van der Waals surface area contributed by atoms with Gasteiger partial charge in [0.1, 0.15) is 6.04 Å². The molecule has 0 aliphatic carbocycles. The van der Waals surface area contributed by atoms with Crippen LogP contribution in [0, 0.1) is 5.92 Å². The Kier molecular flexibility index (Phi) is 4.14. The second-order valence-electron chi connectivity index (χ2n) is 4.09. The van der Waals surface area contributed by atoms with Gasteiger partial charge in [-0.25, -0.2) is 0 Å². The molecule has 1 heterocycles. The van der Waals surface area contributed by atoms with E-state index in [0.717, 1.165) is 19.5 Å². The van der Waals surface area contributed by atoms with Gasteiger partial charge in [0.25, 0.3) is 0 Å². The summed E-state index contributed by atoms with van der Waals surface area (Å²) in [6, 6.07) is -0.0741. The Balaban J connectivity index is 2.56. The highest BCUT2D eigenvalue weighted by molar-refractivity contribution is 5.75. The van der Waals surface area contributed by atoms with Crippen molar-refractivity contribution in [3.05, 3.63) is 12.2 Å². The first-order valence-electron chi connectivity index (χ1n) is 5.12. The number of nitrogens with zero attached hydrogens (tertiary/aromatic N) is 1. The van der Waals surface area contributed by atoms with E-state index in [1.165, 1.54) is 7.11 Å². The van der Waals surface area contributed by atoms with Crippen LogP contribution in [0.15, 0.2) is 12.2 Å². The summed E-state index contributed by atoms with van der Waals surface area (Å²) in [7, 11) is 1.46. The molecule has 0 aromatic rings. The van der Waals surface area contributed by atoms with Crippen molar-refractivity contribution < 1.29 is 9.53 Å². The van der Waals surface area contributed by atoms with Crippen LogP contribution in [-0.2, 0) is 9.53 Å². The third-order valence-corrected chi connectivity index (χ3v) is 2.46. The predicted octanol–water partition coefficient (Wildman–Crippen LogP) is 1.45. The van der Waals surface area contributed by atoms with E-state index in [1.807, 2.05) is 0 Å². The maximum atomic E-state index is 11.5. The van der Waals surface area contributed by atoms with Crippen LogP contribution < -0.4 is 0 Å². The molecular weight excluding hydrogens is 178 g/mol. The van der Waals surface area contributed by atoms with Crippen molar-refractivity contribution in [2.75, 3.05) is 20.2 Å². The molecule has 0 saturated carbocycles. The number of hydrogen-bond donors (Lipinski definition) is 0. The van der Waals surface area contributed by atoms with E-state index >= 15 is 0 Å². The standard InChI is InChI=1S/C11H19NO2/c1-9(2)8-10(11(13)14-3)12-6-4-5-7-12/h4-5,9-10H,6-8H2,1-3H3. The summed E-state index contributed by atoms with van der Waals surface area (Å²) in [6.07, 6.45) is 5.06. The third-order valence-electron chi connectivity index (χ3n) is 2.46. The summed E-state index contributed by atoms with van der Waals surface area (Å²) >= 11 is 0. The summed E-state index contributed by atoms with van der Waals surface area (Å²) < 4.78 is 4.82. The SMILES string of the molecule is COC(=O)C(CC(C)C)N1CC=CC1. The summed E-state index contributed by atoms with van der Waals surface area (Å²) in [6.45, 7) is 5.98. The molecule has 3 nitrogen and oxygen atoms in total. The Morgan fingerprint density at radius 1 is 1.43 bits per heavy atom. The van der Waals surface area contributed by atoms with Crippen LogP contribution in [0.4, 0.5) is 0 Å². The smallest absolute Gasteiger partial charge is 0.323 e. The average molecular weight is 197 g/mol. The Hall–Kier alpha value is -0.830. The molecule has 1 atom stereocenters. The number of ether oxygens (including phenoxy) is 1. The molecule has 0 N–H and O–H groups in total. The molecule has 0 saturated heterocycles. The normalized spacial score (nSPS) is 18.9. The van der Waals surface area contributed by atoms with Crippen molar-refractivity contribution in [2.45, 2.75) is 26.3 Å². The molecule has 0 aromatic heterocycles. The van der Waals surface area contributed by atoms with Crippen molar-refractivity contribution in [1.82, 2.24) is 4.90 Å². The molecule has 1 aliphatic rings. The molecule has 0 fully saturated rings. The maximum absolute atomic E-state index is 11.5. The minimum absolute atomic E-state index is 0.0741. The molecule has 14 heavy (non-hydrogen) atoms. The number of hydrogen-bond acceptors (Lipinski definition) is 3. The van der Waals surface area contributed by atoms with Crippen LogP contribution in [0.2, 0.25) is 0 Å². The zero-order valence-electron chi connectivity index (χ0n) is 9.19. The van der Waals surface area contributed by atoms with Gasteiger partial charge >= 0.3 is 5.97 Å². The van der Waals surface area contributed by atoms with Gasteiger partial charge in [-0.2, -0.15) is 0 Å². The number of rotatable bonds is 4. The molecule has 0 aromatic carbocycles. The average Bonchev–Trinajstić information content (AvgIpc) is 2.65. The van der Waals surface area contributed by atoms with Gasteiger partial charge in [-0.05, 0) is 12.3 Å². The first kappa shape index (κ1) is 11.2. The second-order valence-corrected chi connectivity index (χ2v) is 4.09. The van der Waals surface area contributed by atoms with Gasteiger partial charge in [-0.1, -0.05) is 26.0 Å². The summed E-state index contributed by atoms with van der Waals surface area (Å²) in [5.41, 5.74) is 0. The van der Waals surface area contributed by atoms with Crippen LogP contribution in [0.3, 0.4) is 0 Å². The van der Waals surface area contributed by atoms with Gasteiger partial charge in [-0.15, -0.1) is 0 Å². The first-order chi connectivity index (χ1) is 6.65. The van der Waals surface area contributed by atoms with Crippen LogP contribution in [0.1, 0.15) is 20.3 Å². The van der Waals surface area contributed by atoms with Gasteiger partial charge in [0.2, 0.25) is 0 Å². The molecule has 1 rings (SSSR count). The van der Waals surface area contributed by atoms with Gasteiger partial charge in [0, 0.05) is 13.1 Å². The van der Waals surface area contributed by atoms with E-state index < -0.39 is 0 Å². The molecule has 0 spiro atoms. The topological polar surface area (TPSA) is 29.5 Å². The fourth-order valence-corrected chi connectivity index (χ4v) is 1.73. The minimum Gasteiger partial charge on any atom is -0.468 e. The van der Waals surface area contributed by atoms with Crippen molar-refractivity contribution >= 4 is 5.97 Å².